The molecule has 0 amide bonds. The van der Waals surface area contributed by atoms with Crippen LogP contribution in [0.25, 0.3) is 0 Å². The predicted octanol–water partition coefficient (Wildman–Crippen LogP) is 2.78. The first-order valence-electron chi connectivity index (χ1n) is 5.40. The molecule has 4 heteroatoms. The van der Waals surface area contributed by atoms with Gasteiger partial charge in [-0.05, 0) is 32.0 Å². The molecule has 0 saturated heterocycles. The Morgan fingerprint density at radius 3 is 2.69 bits per heavy atom. The minimum atomic E-state index is 0.288. The van der Waals surface area contributed by atoms with Crippen LogP contribution >= 0.6 is 11.6 Å². The van der Waals surface area contributed by atoms with E-state index in [4.69, 9.17) is 22.1 Å². The molecular weight excluding hydrogens is 224 g/mol. The van der Waals surface area contributed by atoms with Gasteiger partial charge in [0.15, 0.2) is 0 Å². The summed E-state index contributed by atoms with van der Waals surface area (Å²) in [5.41, 5.74) is 7.36. The fourth-order valence-electron chi connectivity index (χ4n) is 1.81. The lowest BCUT2D eigenvalue weighted by atomic mass is 10.2. The third kappa shape index (κ3) is 3.03. The van der Waals surface area contributed by atoms with Gasteiger partial charge in [-0.25, -0.2) is 0 Å². The minimum absolute atomic E-state index is 0.288. The van der Waals surface area contributed by atoms with Gasteiger partial charge in [-0.3, -0.25) is 0 Å². The molecule has 1 aromatic carbocycles. The molecule has 0 aliphatic heterocycles. The molecule has 0 aliphatic carbocycles. The molecule has 0 radical (unpaired) electrons. The number of rotatable bonds is 5. The number of nitrogens with two attached hydrogens (primary N) is 1. The Balaban J connectivity index is 2.94. The fraction of sp³-hybridized carbons (Fsp3) is 0.500. The summed E-state index contributed by atoms with van der Waals surface area (Å²) in [5.74, 6) is 0. The summed E-state index contributed by atoms with van der Waals surface area (Å²) in [6, 6.07) is 5.88. The van der Waals surface area contributed by atoms with Crippen molar-refractivity contribution >= 4 is 23.0 Å². The Hall–Kier alpha value is -0.930. The van der Waals surface area contributed by atoms with Crippen LogP contribution in [0.2, 0.25) is 5.02 Å². The maximum absolute atomic E-state index is 6.18. The van der Waals surface area contributed by atoms with Crippen molar-refractivity contribution < 1.29 is 4.74 Å². The quantitative estimate of drug-likeness (QED) is 0.807. The van der Waals surface area contributed by atoms with Crippen LogP contribution in [0.4, 0.5) is 11.4 Å². The lowest BCUT2D eigenvalue weighted by Gasteiger charge is -2.30. The van der Waals surface area contributed by atoms with Gasteiger partial charge in [0.25, 0.3) is 0 Å². The van der Waals surface area contributed by atoms with Gasteiger partial charge < -0.3 is 15.4 Å². The number of hydrogen-bond acceptors (Lipinski definition) is 3. The molecule has 0 bridgehead atoms. The molecule has 16 heavy (non-hydrogen) atoms. The number of nitrogen functional groups attached to an aromatic ring is 1. The first-order valence-corrected chi connectivity index (χ1v) is 5.78. The molecular formula is C12H19ClN2O. The average molecular weight is 243 g/mol. The SMILES string of the molecule is CCN(c1ccc(N)cc1Cl)C(C)COC. The molecule has 0 spiro atoms. The van der Waals surface area contributed by atoms with E-state index in [2.05, 4.69) is 18.7 Å². The lowest BCUT2D eigenvalue weighted by molar-refractivity contribution is 0.182. The Bertz CT molecular complexity index is 344. The van der Waals surface area contributed by atoms with E-state index < -0.39 is 0 Å². The molecule has 0 heterocycles. The standard InChI is InChI=1S/C12H19ClN2O/c1-4-15(9(2)8-16-3)12-6-5-10(14)7-11(12)13/h5-7,9H,4,8,14H2,1-3H3. The molecule has 0 saturated carbocycles. The Kier molecular flexibility index (Phi) is 4.90. The van der Waals surface area contributed by atoms with Gasteiger partial charge in [-0.2, -0.15) is 0 Å². The highest BCUT2D eigenvalue weighted by molar-refractivity contribution is 6.33. The summed E-state index contributed by atoms with van der Waals surface area (Å²) >= 11 is 6.18. The summed E-state index contributed by atoms with van der Waals surface area (Å²) in [4.78, 5) is 2.20. The van der Waals surface area contributed by atoms with Gasteiger partial charge in [0.1, 0.15) is 0 Å². The second-order valence-electron chi connectivity index (χ2n) is 3.80. The molecule has 1 atom stereocenters. The van der Waals surface area contributed by atoms with E-state index in [1.807, 2.05) is 12.1 Å². The lowest BCUT2D eigenvalue weighted by Crippen LogP contribution is -2.36. The smallest absolute Gasteiger partial charge is 0.0663 e. The number of anilines is 2. The minimum Gasteiger partial charge on any atom is -0.399 e. The normalized spacial score (nSPS) is 12.5. The van der Waals surface area contributed by atoms with Gasteiger partial charge in [0.05, 0.1) is 17.3 Å². The van der Waals surface area contributed by atoms with E-state index in [9.17, 15) is 0 Å². The van der Waals surface area contributed by atoms with Gasteiger partial charge in [-0.15, -0.1) is 0 Å². The number of hydrogen-bond donors (Lipinski definition) is 1. The summed E-state index contributed by atoms with van der Waals surface area (Å²) in [5, 5.41) is 0.685. The topological polar surface area (TPSA) is 38.5 Å². The van der Waals surface area contributed by atoms with E-state index in [-0.39, 0.29) is 6.04 Å². The zero-order valence-electron chi connectivity index (χ0n) is 10.0. The van der Waals surface area contributed by atoms with Crippen molar-refractivity contribution in [3.8, 4) is 0 Å². The van der Waals surface area contributed by atoms with Crippen LogP contribution < -0.4 is 10.6 Å². The van der Waals surface area contributed by atoms with Crippen molar-refractivity contribution in [1.82, 2.24) is 0 Å². The molecule has 1 rings (SSSR count). The summed E-state index contributed by atoms with van der Waals surface area (Å²) in [6.45, 7) is 5.77. The fourth-order valence-corrected chi connectivity index (χ4v) is 2.10. The highest BCUT2D eigenvalue weighted by Crippen LogP contribution is 2.29. The Morgan fingerprint density at radius 2 is 2.19 bits per heavy atom. The first kappa shape index (κ1) is 13.1. The van der Waals surface area contributed by atoms with Crippen molar-refractivity contribution in [2.45, 2.75) is 19.9 Å². The van der Waals surface area contributed by atoms with Gasteiger partial charge >= 0.3 is 0 Å². The maximum atomic E-state index is 6.18. The van der Waals surface area contributed by atoms with Crippen LogP contribution in [0.15, 0.2) is 18.2 Å². The molecule has 0 fully saturated rings. The van der Waals surface area contributed by atoms with E-state index in [0.29, 0.717) is 17.3 Å². The third-order valence-corrected chi connectivity index (χ3v) is 2.86. The zero-order chi connectivity index (χ0) is 12.1. The van der Waals surface area contributed by atoms with Gasteiger partial charge in [-0.1, -0.05) is 11.6 Å². The van der Waals surface area contributed by atoms with Gasteiger partial charge in [0, 0.05) is 25.4 Å². The van der Waals surface area contributed by atoms with Crippen LogP contribution in [0, 0.1) is 0 Å². The van der Waals surface area contributed by atoms with Crippen LogP contribution in [0.3, 0.4) is 0 Å². The van der Waals surface area contributed by atoms with Crippen molar-refractivity contribution in [1.29, 1.82) is 0 Å². The summed E-state index contributed by atoms with van der Waals surface area (Å²) in [7, 11) is 1.70. The average Bonchev–Trinajstić information content (AvgIpc) is 2.22. The number of nitrogens with zero attached hydrogens (tertiary/aromatic N) is 1. The molecule has 0 aromatic heterocycles. The van der Waals surface area contributed by atoms with Crippen LogP contribution in [0.5, 0.6) is 0 Å². The molecule has 90 valence electrons. The summed E-state index contributed by atoms with van der Waals surface area (Å²) in [6.07, 6.45) is 0. The third-order valence-electron chi connectivity index (χ3n) is 2.56. The number of halogens is 1. The van der Waals surface area contributed by atoms with Gasteiger partial charge in [0.2, 0.25) is 0 Å². The molecule has 0 aliphatic rings. The summed E-state index contributed by atoms with van der Waals surface area (Å²) < 4.78 is 5.16. The van der Waals surface area contributed by atoms with E-state index in [1.165, 1.54) is 0 Å². The Morgan fingerprint density at radius 1 is 1.50 bits per heavy atom. The molecule has 3 nitrogen and oxygen atoms in total. The number of ether oxygens (including phenoxy) is 1. The van der Waals surface area contributed by atoms with Crippen molar-refractivity contribution in [3.63, 3.8) is 0 Å². The number of methoxy groups -OCH3 is 1. The second-order valence-corrected chi connectivity index (χ2v) is 4.21. The van der Waals surface area contributed by atoms with Crippen LogP contribution in [-0.2, 0) is 4.74 Å². The van der Waals surface area contributed by atoms with Crippen LogP contribution in [0.1, 0.15) is 13.8 Å². The molecule has 1 aromatic rings. The van der Waals surface area contributed by atoms with E-state index in [1.54, 1.807) is 13.2 Å². The molecule has 1 unspecified atom stereocenters. The Labute approximate surface area is 102 Å². The number of benzene rings is 1. The largest absolute Gasteiger partial charge is 0.399 e. The van der Waals surface area contributed by atoms with E-state index in [0.717, 1.165) is 12.2 Å². The van der Waals surface area contributed by atoms with Crippen molar-refractivity contribution in [2.24, 2.45) is 0 Å². The first-order chi connectivity index (χ1) is 7.60. The number of likely N-dealkylation sites (N-methyl/N-ethyl adjacent to an activating group) is 1. The zero-order valence-corrected chi connectivity index (χ0v) is 10.8. The van der Waals surface area contributed by atoms with E-state index >= 15 is 0 Å². The second kappa shape index (κ2) is 5.97. The predicted molar refractivity (Wildman–Crippen MR) is 70.2 cm³/mol. The highest BCUT2D eigenvalue weighted by Gasteiger charge is 2.15. The maximum Gasteiger partial charge on any atom is 0.0663 e. The van der Waals surface area contributed by atoms with Crippen molar-refractivity contribution in [2.75, 3.05) is 30.9 Å². The van der Waals surface area contributed by atoms with Crippen molar-refractivity contribution in [3.05, 3.63) is 23.2 Å². The molecule has 2 N–H and O–H groups in total. The monoisotopic (exact) mass is 242 g/mol. The van der Waals surface area contributed by atoms with Crippen LogP contribution in [-0.4, -0.2) is 26.3 Å². The highest BCUT2D eigenvalue weighted by atomic mass is 35.5.